The molecule has 1 aromatic heterocycles. The van der Waals surface area contributed by atoms with E-state index in [1.54, 1.807) is 19.2 Å². The van der Waals surface area contributed by atoms with Gasteiger partial charge in [-0.15, -0.1) is 0 Å². The van der Waals surface area contributed by atoms with Crippen LogP contribution in [0.4, 0.5) is 0 Å². The Bertz CT molecular complexity index is 770. The van der Waals surface area contributed by atoms with Gasteiger partial charge in [-0.05, 0) is 55.2 Å². The number of oxazole rings is 1. The fourth-order valence-corrected chi connectivity index (χ4v) is 4.29. The molecule has 2 aromatic rings. The molecule has 0 aliphatic heterocycles. The molecule has 3 atom stereocenters. The second-order valence-electron chi connectivity index (χ2n) is 6.67. The summed E-state index contributed by atoms with van der Waals surface area (Å²) in [6, 6.07) is 5.33. The van der Waals surface area contributed by atoms with E-state index in [0.29, 0.717) is 23.5 Å². The molecular weight excluding hydrogens is 266 g/mol. The summed E-state index contributed by atoms with van der Waals surface area (Å²) in [6.07, 6.45) is 5.85. The first-order chi connectivity index (χ1) is 10.1. The molecule has 21 heavy (non-hydrogen) atoms. The maximum absolute atomic E-state index is 12.5. The normalized spacial score (nSPS) is 27.6. The molecule has 0 saturated heterocycles. The zero-order chi connectivity index (χ0) is 14.6. The third-order valence-corrected chi connectivity index (χ3v) is 5.45. The summed E-state index contributed by atoms with van der Waals surface area (Å²) < 4.78 is 6.62. The number of fused-ring (bicyclic) bond motifs is 3. The van der Waals surface area contributed by atoms with Crippen LogP contribution < -0.4 is 5.76 Å². The number of hydrogen-bond acceptors (Lipinski definition) is 3. The summed E-state index contributed by atoms with van der Waals surface area (Å²) in [5.41, 5.74) is 1.90. The Morgan fingerprint density at radius 2 is 2.19 bits per heavy atom. The Balaban J connectivity index is 1.58. The topological polar surface area (TPSA) is 52.2 Å². The van der Waals surface area contributed by atoms with Crippen LogP contribution in [0.3, 0.4) is 0 Å². The number of nitrogens with zero attached hydrogens (tertiary/aromatic N) is 1. The van der Waals surface area contributed by atoms with Crippen molar-refractivity contribution in [3.63, 3.8) is 0 Å². The van der Waals surface area contributed by atoms with Crippen molar-refractivity contribution in [2.45, 2.75) is 32.1 Å². The SMILES string of the molecule is Cn1c(=O)oc2cc(C(=O)CC3CC4CCC3C4)ccc21. The van der Waals surface area contributed by atoms with E-state index < -0.39 is 0 Å². The van der Waals surface area contributed by atoms with Gasteiger partial charge in [-0.1, -0.05) is 6.42 Å². The molecule has 1 heterocycles. The van der Waals surface area contributed by atoms with Crippen molar-refractivity contribution in [2.24, 2.45) is 24.8 Å². The van der Waals surface area contributed by atoms with Crippen LogP contribution in [0.5, 0.6) is 0 Å². The third-order valence-electron chi connectivity index (χ3n) is 5.45. The molecule has 4 nitrogen and oxygen atoms in total. The number of carbonyl (C=O) groups excluding carboxylic acids is 1. The Hall–Kier alpha value is -1.84. The fraction of sp³-hybridized carbons (Fsp3) is 0.529. The minimum atomic E-state index is -0.386. The van der Waals surface area contributed by atoms with Gasteiger partial charge >= 0.3 is 5.76 Å². The highest BCUT2D eigenvalue weighted by molar-refractivity contribution is 5.98. The number of ketones is 1. The van der Waals surface area contributed by atoms with E-state index in [0.717, 1.165) is 17.4 Å². The summed E-state index contributed by atoms with van der Waals surface area (Å²) in [5, 5.41) is 0. The van der Waals surface area contributed by atoms with Crippen LogP contribution in [0.2, 0.25) is 0 Å². The van der Waals surface area contributed by atoms with E-state index in [9.17, 15) is 9.59 Å². The van der Waals surface area contributed by atoms with Gasteiger partial charge < -0.3 is 4.42 Å². The Morgan fingerprint density at radius 3 is 2.90 bits per heavy atom. The van der Waals surface area contributed by atoms with Crippen LogP contribution in [0, 0.1) is 17.8 Å². The number of rotatable bonds is 3. The minimum Gasteiger partial charge on any atom is -0.408 e. The molecule has 110 valence electrons. The number of benzene rings is 1. The lowest BCUT2D eigenvalue weighted by Crippen LogP contribution is -2.15. The first-order valence-electron chi connectivity index (χ1n) is 7.74. The van der Waals surface area contributed by atoms with E-state index in [1.165, 1.54) is 30.3 Å². The van der Waals surface area contributed by atoms with Crippen LogP contribution in [0.1, 0.15) is 42.5 Å². The van der Waals surface area contributed by atoms with E-state index in [1.807, 2.05) is 6.07 Å². The standard InChI is InChI=1S/C17H19NO3/c1-18-14-5-4-12(9-16(14)21-17(18)20)15(19)8-13-7-10-2-3-11(13)6-10/h4-5,9-11,13H,2-3,6-8H2,1H3. The maximum Gasteiger partial charge on any atom is 0.419 e. The van der Waals surface area contributed by atoms with Gasteiger partial charge in [0.1, 0.15) is 0 Å². The van der Waals surface area contributed by atoms with Crippen LogP contribution >= 0.6 is 0 Å². The van der Waals surface area contributed by atoms with Gasteiger partial charge in [0.25, 0.3) is 0 Å². The van der Waals surface area contributed by atoms with Crippen LogP contribution in [-0.2, 0) is 7.05 Å². The number of carbonyl (C=O) groups is 1. The highest BCUT2D eigenvalue weighted by Crippen LogP contribution is 2.49. The van der Waals surface area contributed by atoms with E-state index in [2.05, 4.69) is 0 Å². The Kier molecular flexibility index (Phi) is 2.81. The molecule has 0 spiro atoms. The molecule has 0 N–H and O–H groups in total. The summed E-state index contributed by atoms with van der Waals surface area (Å²) in [6.45, 7) is 0. The van der Waals surface area contributed by atoms with Crippen LogP contribution in [-0.4, -0.2) is 10.4 Å². The smallest absolute Gasteiger partial charge is 0.408 e. The molecule has 0 amide bonds. The number of aryl methyl sites for hydroxylation is 1. The molecule has 2 saturated carbocycles. The van der Waals surface area contributed by atoms with E-state index >= 15 is 0 Å². The highest BCUT2D eigenvalue weighted by atomic mass is 16.4. The van der Waals surface area contributed by atoms with Crippen molar-refractivity contribution in [3.8, 4) is 0 Å². The molecule has 4 rings (SSSR count). The summed E-state index contributed by atoms with van der Waals surface area (Å²) in [7, 11) is 1.67. The third kappa shape index (κ3) is 2.04. The van der Waals surface area contributed by atoms with Gasteiger partial charge in [-0.3, -0.25) is 9.36 Å². The monoisotopic (exact) mass is 285 g/mol. The Labute approximate surface area is 122 Å². The lowest BCUT2D eigenvalue weighted by atomic mass is 9.84. The van der Waals surface area contributed by atoms with Gasteiger partial charge in [-0.25, -0.2) is 4.79 Å². The zero-order valence-corrected chi connectivity index (χ0v) is 12.2. The second-order valence-corrected chi connectivity index (χ2v) is 6.67. The first-order valence-corrected chi connectivity index (χ1v) is 7.74. The average Bonchev–Trinajstić information content (AvgIpc) is 3.15. The van der Waals surface area contributed by atoms with Gasteiger partial charge in [0.15, 0.2) is 11.4 Å². The zero-order valence-electron chi connectivity index (χ0n) is 12.2. The average molecular weight is 285 g/mol. The molecule has 2 aliphatic rings. The summed E-state index contributed by atoms with van der Waals surface area (Å²) in [5.74, 6) is 1.98. The molecule has 1 aromatic carbocycles. The van der Waals surface area contributed by atoms with Crippen molar-refractivity contribution in [1.82, 2.24) is 4.57 Å². The molecule has 2 bridgehead atoms. The molecule has 2 aliphatic carbocycles. The van der Waals surface area contributed by atoms with Gasteiger partial charge in [0.05, 0.1) is 5.52 Å². The molecule has 3 unspecified atom stereocenters. The van der Waals surface area contributed by atoms with Crippen molar-refractivity contribution >= 4 is 16.9 Å². The van der Waals surface area contributed by atoms with Crippen molar-refractivity contribution in [2.75, 3.05) is 0 Å². The first kappa shape index (κ1) is 12.9. The molecule has 4 heteroatoms. The van der Waals surface area contributed by atoms with Gasteiger partial charge in [-0.2, -0.15) is 0 Å². The second kappa shape index (κ2) is 4.58. The number of aromatic nitrogens is 1. The lowest BCUT2D eigenvalue weighted by Gasteiger charge is -2.20. The Morgan fingerprint density at radius 1 is 1.33 bits per heavy atom. The molecular formula is C17H19NO3. The summed E-state index contributed by atoms with van der Waals surface area (Å²) in [4.78, 5) is 24.0. The van der Waals surface area contributed by atoms with Crippen LogP contribution in [0.25, 0.3) is 11.1 Å². The number of Topliss-reactive ketones (excluding diaryl/α,β-unsaturated/α-hetero) is 1. The predicted molar refractivity (Wildman–Crippen MR) is 79.3 cm³/mol. The minimum absolute atomic E-state index is 0.181. The van der Waals surface area contributed by atoms with E-state index in [-0.39, 0.29) is 11.5 Å². The quantitative estimate of drug-likeness (QED) is 0.814. The van der Waals surface area contributed by atoms with Crippen molar-refractivity contribution < 1.29 is 9.21 Å². The van der Waals surface area contributed by atoms with Gasteiger partial charge in [0, 0.05) is 19.0 Å². The van der Waals surface area contributed by atoms with Crippen molar-refractivity contribution in [3.05, 3.63) is 34.3 Å². The lowest BCUT2D eigenvalue weighted by molar-refractivity contribution is 0.0944. The molecule has 2 fully saturated rings. The number of hydrogen-bond donors (Lipinski definition) is 0. The van der Waals surface area contributed by atoms with Crippen LogP contribution in [0.15, 0.2) is 27.4 Å². The van der Waals surface area contributed by atoms with Crippen molar-refractivity contribution in [1.29, 1.82) is 0 Å². The summed E-state index contributed by atoms with van der Waals surface area (Å²) >= 11 is 0. The fourth-order valence-electron chi connectivity index (χ4n) is 4.29. The largest absolute Gasteiger partial charge is 0.419 e. The maximum atomic E-state index is 12.5. The van der Waals surface area contributed by atoms with E-state index in [4.69, 9.17) is 4.42 Å². The highest BCUT2D eigenvalue weighted by Gasteiger charge is 2.40. The predicted octanol–water partition coefficient (Wildman–Crippen LogP) is 3.14. The molecule has 0 radical (unpaired) electrons. The van der Waals surface area contributed by atoms with Gasteiger partial charge in [0.2, 0.25) is 0 Å².